The van der Waals surface area contributed by atoms with E-state index in [0.717, 1.165) is 16.9 Å². The first kappa shape index (κ1) is 21.2. The van der Waals surface area contributed by atoms with Crippen LogP contribution in [0.3, 0.4) is 0 Å². The minimum atomic E-state index is -3.67. The number of benzene rings is 1. The number of thiophene rings is 2. The maximum Gasteiger partial charge on any atom is 0.309 e. The van der Waals surface area contributed by atoms with Gasteiger partial charge in [-0.05, 0) is 34.9 Å². The van der Waals surface area contributed by atoms with Crippen LogP contribution in [0.4, 0.5) is 0 Å². The van der Waals surface area contributed by atoms with Gasteiger partial charge in [0, 0.05) is 18.0 Å². The summed E-state index contributed by atoms with van der Waals surface area (Å²) in [6.07, 6.45) is 0.602. The number of carbonyl (C=O) groups is 2. The van der Waals surface area contributed by atoms with Gasteiger partial charge in [-0.2, -0.15) is 0 Å². The Labute approximate surface area is 177 Å². The number of carbonyl (C=O) groups excluding carboxylic acids is 2. The molecule has 152 valence electrons. The Morgan fingerprint density at radius 2 is 1.55 bits per heavy atom. The summed E-state index contributed by atoms with van der Waals surface area (Å²) < 4.78 is 26.2. The van der Waals surface area contributed by atoms with Crippen LogP contribution < -0.4 is 10.6 Å². The maximum atomic E-state index is 13.0. The summed E-state index contributed by atoms with van der Waals surface area (Å²) in [5.41, 5.74) is 1.05. The lowest BCUT2D eigenvalue weighted by atomic mass is 10.1. The molecule has 9 heteroatoms. The standard InChI is InChI=1S/C20H20N2O4S3/c23-19(21-11-10-15-6-2-1-3-7-15)20(24)22-14-17(16-8-4-12-27-16)29(25,26)18-9-5-13-28-18/h1-9,12-13,17H,10-11,14H2,(H,21,23)(H,22,24). The van der Waals surface area contributed by atoms with Crippen molar-refractivity contribution in [1.29, 1.82) is 0 Å². The second kappa shape index (κ2) is 9.82. The fourth-order valence-corrected chi connectivity index (χ4v) is 6.70. The molecule has 2 aromatic heterocycles. The van der Waals surface area contributed by atoms with Crippen LogP contribution in [0, 0.1) is 0 Å². The number of nitrogens with one attached hydrogen (secondary N) is 2. The van der Waals surface area contributed by atoms with E-state index in [-0.39, 0.29) is 10.8 Å². The highest BCUT2D eigenvalue weighted by Gasteiger charge is 2.31. The summed E-state index contributed by atoms with van der Waals surface area (Å²) >= 11 is 2.43. The van der Waals surface area contributed by atoms with Crippen molar-refractivity contribution in [3.8, 4) is 0 Å². The Morgan fingerprint density at radius 3 is 2.21 bits per heavy atom. The summed E-state index contributed by atoms with van der Waals surface area (Å²) in [4.78, 5) is 24.8. The Balaban J connectivity index is 1.59. The molecular weight excluding hydrogens is 428 g/mol. The van der Waals surface area contributed by atoms with Gasteiger partial charge in [0.2, 0.25) is 0 Å². The minimum Gasteiger partial charge on any atom is -0.348 e. The molecule has 0 saturated heterocycles. The van der Waals surface area contributed by atoms with Gasteiger partial charge in [0.25, 0.3) is 0 Å². The Kier molecular flexibility index (Phi) is 7.18. The molecule has 0 saturated carbocycles. The van der Waals surface area contributed by atoms with E-state index in [1.807, 2.05) is 30.3 Å². The number of sulfone groups is 1. The summed E-state index contributed by atoms with van der Waals surface area (Å²) in [5.74, 6) is -1.62. The predicted molar refractivity (Wildman–Crippen MR) is 115 cm³/mol. The topological polar surface area (TPSA) is 92.3 Å². The van der Waals surface area contributed by atoms with Gasteiger partial charge in [0.05, 0.1) is 0 Å². The van der Waals surface area contributed by atoms with Crippen molar-refractivity contribution in [2.24, 2.45) is 0 Å². The van der Waals surface area contributed by atoms with Crippen molar-refractivity contribution < 1.29 is 18.0 Å². The van der Waals surface area contributed by atoms with Gasteiger partial charge in [0.1, 0.15) is 9.46 Å². The molecule has 0 bridgehead atoms. The van der Waals surface area contributed by atoms with Crippen molar-refractivity contribution >= 4 is 44.3 Å². The van der Waals surface area contributed by atoms with E-state index in [9.17, 15) is 18.0 Å². The van der Waals surface area contributed by atoms with Crippen LogP contribution in [0.15, 0.2) is 69.6 Å². The number of hydrogen-bond donors (Lipinski definition) is 2. The Bertz CT molecular complexity index is 1030. The molecule has 1 aromatic carbocycles. The molecule has 2 heterocycles. The van der Waals surface area contributed by atoms with E-state index in [2.05, 4.69) is 10.6 Å². The number of amides is 2. The first-order chi connectivity index (χ1) is 14.0. The molecule has 1 unspecified atom stereocenters. The molecule has 2 amide bonds. The highest BCUT2D eigenvalue weighted by Crippen LogP contribution is 2.33. The lowest BCUT2D eigenvalue weighted by Gasteiger charge is -2.16. The molecule has 2 N–H and O–H groups in total. The second-order valence-corrected chi connectivity index (χ2v) is 10.5. The van der Waals surface area contributed by atoms with Crippen molar-refractivity contribution in [2.45, 2.75) is 15.9 Å². The van der Waals surface area contributed by atoms with Gasteiger partial charge < -0.3 is 10.6 Å². The molecule has 0 spiro atoms. The van der Waals surface area contributed by atoms with Gasteiger partial charge in [-0.15, -0.1) is 22.7 Å². The lowest BCUT2D eigenvalue weighted by molar-refractivity contribution is -0.139. The van der Waals surface area contributed by atoms with Gasteiger partial charge >= 0.3 is 11.8 Å². The van der Waals surface area contributed by atoms with Crippen LogP contribution in [0.25, 0.3) is 0 Å². The van der Waals surface area contributed by atoms with Gasteiger partial charge in [-0.1, -0.05) is 42.5 Å². The zero-order valence-electron chi connectivity index (χ0n) is 15.4. The third-order valence-corrected chi connectivity index (χ3v) is 8.86. The van der Waals surface area contributed by atoms with Crippen LogP contribution >= 0.6 is 22.7 Å². The number of rotatable bonds is 8. The summed E-state index contributed by atoms with van der Waals surface area (Å²) in [6, 6.07) is 16.3. The average Bonchev–Trinajstić information content (AvgIpc) is 3.43. The SMILES string of the molecule is O=C(NCCc1ccccc1)C(=O)NCC(c1cccs1)S(=O)(=O)c1cccs1. The van der Waals surface area contributed by atoms with E-state index < -0.39 is 26.9 Å². The van der Waals surface area contributed by atoms with Crippen LogP contribution in [-0.2, 0) is 25.8 Å². The van der Waals surface area contributed by atoms with Crippen molar-refractivity contribution in [3.63, 3.8) is 0 Å². The molecular formula is C20H20N2O4S3. The van der Waals surface area contributed by atoms with Gasteiger partial charge in [0.15, 0.2) is 9.84 Å². The van der Waals surface area contributed by atoms with E-state index in [1.165, 1.54) is 11.3 Å². The monoisotopic (exact) mass is 448 g/mol. The third kappa shape index (κ3) is 5.53. The Morgan fingerprint density at radius 1 is 0.862 bits per heavy atom. The molecule has 29 heavy (non-hydrogen) atoms. The first-order valence-electron chi connectivity index (χ1n) is 8.89. The maximum absolute atomic E-state index is 13.0. The largest absolute Gasteiger partial charge is 0.348 e. The highest BCUT2D eigenvalue weighted by atomic mass is 32.2. The molecule has 0 aliphatic carbocycles. The molecule has 0 aliphatic heterocycles. The quantitative estimate of drug-likeness (QED) is 0.519. The van der Waals surface area contributed by atoms with Gasteiger partial charge in [-0.3, -0.25) is 9.59 Å². The molecule has 0 fully saturated rings. The van der Waals surface area contributed by atoms with Crippen LogP contribution in [0.2, 0.25) is 0 Å². The van der Waals surface area contributed by atoms with E-state index >= 15 is 0 Å². The zero-order valence-corrected chi connectivity index (χ0v) is 17.9. The predicted octanol–water partition coefficient (Wildman–Crippen LogP) is 2.80. The second-order valence-electron chi connectivity index (χ2n) is 6.18. The molecule has 0 aliphatic rings. The molecule has 6 nitrogen and oxygen atoms in total. The van der Waals surface area contributed by atoms with E-state index in [0.29, 0.717) is 17.8 Å². The van der Waals surface area contributed by atoms with E-state index in [4.69, 9.17) is 0 Å². The summed E-state index contributed by atoms with van der Waals surface area (Å²) in [5, 5.41) is 7.56. The lowest BCUT2D eigenvalue weighted by Crippen LogP contribution is -2.42. The van der Waals surface area contributed by atoms with E-state index in [1.54, 1.807) is 35.0 Å². The van der Waals surface area contributed by atoms with Crippen molar-refractivity contribution in [1.82, 2.24) is 10.6 Å². The molecule has 3 aromatic rings. The molecule has 3 rings (SSSR count). The Hall–Kier alpha value is -2.49. The highest BCUT2D eigenvalue weighted by molar-refractivity contribution is 7.93. The average molecular weight is 449 g/mol. The fraction of sp³-hybridized carbons (Fsp3) is 0.200. The van der Waals surface area contributed by atoms with Gasteiger partial charge in [-0.25, -0.2) is 8.42 Å². The summed E-state index contributed by atoms with van der Waals surface area (Å²) in [7, 11) is -3.67. The fourth-order valence-electron chi connectivity index (χ4n) is 2.71. The number of hydrogen-bond acceptors (Lipinski definition) is 6. The first-order valence-corrected chi connectivity index (χ1v) is 12.2. The van der Waals surface area contributed by atoms with Crippen molar-refractivity contribution in [3.05, 3.63) is 75.8 Å². The van der Waals surface area contributed by atoms with Crippen LogP contribution in [0.5, 0.6) is 0 Å². The third-order valence-electron chi connectivity index (χ3n) is 4.21. The van der Waals surface area contributed by atoms with Crippen molar-refractivity contribution in [2.75, 3.05) is 13.1 Å². The normalized spacial score (nSPS) is 12.3. The van der Waals surface area contributed by atoms with Crippen LogP contribution in [0.1, 0.15) is 15.7 Å². The zero-order chi connectivity index (χ0) is 20.7. The van der Waals surface area contributed by atoms with Crippen LogP contribution in [-0.4, -0.2) is 33.3 Å². The molecule has 0 radical (unpaired) electrons. The minimum absolute atomic E-state index is 0.175. The summed E-state index contributed by atoms with van der Waals surface area (Å²) in [6.45, 7) is 0.143. The molecule has 1 atom stereocenters. The smallest absolute Gasteiger partial charge is 0.309 e.